The summed E-state index contributed by atoms with van der Waals surface area (Å²) >= 11 is 0. The van der Waals surface area contributed by atoms with E-state index in [2.05, 4.69) is 6.07 Å². The molecule has 4 aromatic rings. The van der Waals surface area contributed by atoms with Gasteiger partial charge in [0.05, 0.1) is 5.30 Å². The highest BCUT2D eigenvalue weighted by Gasteiger charge is 2.19. The molecule has 1 atom stereocenters. The summed E-state index contributed by atoms with van der Waals surface area (Å²) in [5.41, 5.74) is 3.65. The first kappa shape index (κ1) is 15.8. The van der Waals surface area contributed by atoms with Crippen LogP contribution in [-0.4, -0.2) is 0 Å². The third-order valence-electron chi connectivity index (χ3n) is 4.40. The lowest BCUT2D eigenvalue weighted by molar-refractivity contribution is 0.444. The molecule has 0 amide bonds. The zero-order valence-electron chi connectivity index (χ0n) is 13.5. The van der Waals surface area contributed by atoms with Crippen LogP contribution in [0.25, 0.3) is 33.0 Å². The predicted molar refractivity (Wildman–Crippen MR) is 104 cm³/mol. The number of fused-ring (bicyclic) bond motifs is 1. The summed E-state index contributed by atoms with van der Waals surface area (Å²) in [6, 6.07) is 29.4. The van der Waals surface area contributed by atoms with E-state index in [-0.39, 0.29) is 0 Å². The van der Waals surface area contributed by atoms with Crippen LogP contribution in [-0.2, 0) is 9.46 Å². The molecule has 25 heavy (non-hydrogen) atoms. The molecule has 4 aromatic carbocycles. The van der Waals surface area contributed by atoms with E-state index in [4.69, 9.17) is 0 Å². The summed E-state index contributed by atoms with van der Waals surface area (Å²) in [6.07, 6.45) is 0. The summed E-state index contributed by atoms with van der Waals surface area (Å²) in [6.45, 7) is 0. The maximum atomic E-state index is 12.3. The second-order valence-corrected chi connectivity index (χ2v) is 6.99. The fourth-order valence-electron chi connectivity index (χ4n) is 3.31. The quantitative estimate of drug-likeness (QED) is 0.439. The van der Waals surface area contributed by atoms with Crippen molar-refractivity contribution in [2.45, 2.75) is 0 Å². The Balaban J connectivity index is 2.18. The van der Waals surface area contributed by atoms with Crippen LogP contribution in [0.3, 0.4) is 0 Å². The SMILES string of the molecule is [O][PH](=O)c1c(-c2ccccc2)c(-c2ccccc2)cc2ccccc12. The molecule has 0 saturated carbocycles. The van der Waals surface area contributed by atoms with Crippen LogP contribution < -0.4 is 5.30 Å². The standard InChI is InChI=1S/C22H16O2P/c23-25(24)22-19-14-8-7-13-18(19)15-20(16-9-3-1-4-10-16)21(22)17-11-5-2-6-12-17/h1-15,25H. The lowest BCUT2D eigenvalue weighted by Crippen LogP contribution is -2.06. The van der Waals surface area contributed by atoms with Crippen molar-refractivity contribution in [3.63, 3.8) is 0 Å². The van der Waals surface area contributed by atoms with Crippen molar-refractivity contribution in [1.29, 1.82) is 0 Å². The molecule has 0 fully saturated rings. The van der Waals surface area contributed by atoms with Gasteiger partial charge in [-0.2, -0.15) is 4.89 Å². The van der Waals surface area contributed by atoms with E-state index in [0.717, 1.165) is 33.0 Å². The Morgan fingerprint density at radius 1 is 0.640 bits per heavy atom. The number of rotatable bonds is 3. The fourth-order valence-corrected chi connectivity index (χ4v) is 4.24. The Morgan fingerprint density at radius 2 is 1.20 bits per heavy atom. The average molecular weight is 343 g/mol. The number of benzene rings is 4. The smallest absolute Gasteiger partial charge is 0.254 e. The van der Waals surface area contributed by atoms with Gasteiger partial charge in [-0.3, -0.25) is 4.57 Å². The average Bonchev–Trinajstić information content (AvgIpc) is 2.67. The van der Waals surface area contributed by atoms with Crippen LogP contribution in [0.15, 0.2) is 91.0 Å². The summed E-state index contributed by atoms with van der Waals surface area (Å²) in [5.74, 6) is 0. The lowest BCUT2D eigenvalue weighted by Gasteiger charge is -2.17. The van der Waals surface area contributed by atoms with Gasteiger partial charge in [-0.1, -0.05) is 84.9 Å². The van der Waals surface area contributed by atoms with Crippen molar-refractivity contribution in [1.82, 2.24) is 0 Å². The molecular weight excluding hydrogens is 327 g/mol. The number of hydrogen-bond acceptors (Lipinski definition) is 1. The second kappa shape index (κ2) is 6.68. The van der Waals surface area contributed by atoms with Crippen LogP contribution in [0.1, 0.15) is 0 Å². The zero-order chi connectivity index (χ0) is 17.2. The summed E-state index contributed by atoms with van der Waals surface area (Å²) < 4.78 is 12.3. The van der Waals surface area contributed by atoms with E-state index < -0.39 is 8.03 Å². The van der Waals surface area contributed by atoms with Gasteiger partial charge < -0.3 is 0 Å². The minimum Gasteiger partial charge on any atom is -0.288 e. The topological polar surface area (TPSA) is 37.0 Å². The van der Waals surface area contributed by atoms with E-state index in [1.807, 2.05) is 84.9 Å². The third kappa shape index (κ3) is 2.91. The third-order valence-corrected chi connectivity index (χ3v) is 5.33. The first-order valence-electron chi connectivity index (χ1n) is 8.13. The highest BCUT2D eigenvalue weighted by molar-refractivity contribution is 7.48. The minimum absolute atomic E-state index is 0.424. The summed E-state index contributed by atoms with van der Waals surface area (Å²) in [7, 11) is -3.14. The van der Waals surface area contributed by atoms with Crippen molar-refractivity contribution in [3.8, 4) is 22.3 Å². The van der Waals surface area contributed by atoms with E-state index >= 15 is 0 Å². The van der Waals surface area contributed by atoms with E-state index in [9.17, 15) is 9.46 Å². The molecule has 0 spiro atoms. The van der Waals surface area contributed by atoms with Crippen molar-refractivity contribution in [2.75, 3.05) is 0 Å². The van der Waals surface area contributed by atoms with Gasteiger partial charge in [-0.15, -0.1) is 0 Å². The van der Waals surface area contributed by atoms with Crippen LogP contribution in [0.2, 0.25) is 0 Å². The molecule has 121 valence electrons. The van der Waals surface area contributed by atoms with Crippen molar-refractivity contribution >= 4 is 24.1 Å². The Bertz CT molecular complexity index is 1060. The first-order chi connectivity index (χ1) is 12.3. The highest BCUT2D eigenvalue weighted by Crippen LogP contribution is 2.38. The van der Waals surface area contributed by atoms with Gasteiger partial charge in [0.1, 0.15) is 0 Å². The molecule has 3 heteroatoms. The minimum atomic E-state index is -3.14. The first-order valence-corrected chi connectivity index (χ1v) is 9.45. The monoisotopic (exact) mass is 343 g/mol. The molecule has 0 aliphatic carbocycles. The Labute approximate surface area is 147 Å². The molecule has 1 radical (unpaired) electrons. The van der Waals surface area contributed by atoms with E-state index in [0.29, 0.717) is 5.30 Å². The Kier molecular flexibility index (Phi) is 4.23. The summed E-state index contributed by atoms with van der Waals surface area (Å²) in [4.78, 5) is 12.3. The molecule has 0 aliphatic heterocycles. The van der Waals surface area contributed by atoms with Gasteiger partial charge in [-0.25, -0.2) is 0 Å². The van der Waals surface area contributed by atoms with Gasteiger partial charge in [0.2, 0.25) is 0 Å². The van der Waals surface area contributed by atoms with Crippen LogP contribution >= 0.6 is 8.03 Å². The van der Waals surface area contributed by atoms with Crippen LogP contribution in [0.5, 0.6) is 0 Å². The highest BCUT2D eigenvalue weighted by atomic mass is 31.1. The predicted octanol–water partition coefficient (Wildman–Crippen LogP) is 5.70. The Morgan fingerprint density at radius 3 is 1.84 bits per heavy atom. The maximum absolute atomic E-state index is 12.3. The molecule has 0 N–H and O–H groups in total. The molecule has 4 rings (SSSR count). The summed E-state index contributed by atoms with van der Waals surface area (Å²) in [5, 5.41) is 2.14. The van der Waals surface area contributed by atoms with Crippen molar-refractivity contribution < 1.29 is 9.46 Å². The van der Waals surface area contributed by atoms with Crippen LogP contribution in [0.4, 0.5) is 0 Å². The van der Waals surface area contributed by atoms with E-state index in [1.54, 1.807) is 0 Å². The molecular formula is C22H16O2P. The van der Waals surface area contributed by atoms with Gasteiger partial charge in [0, 0.05) is 5.56 Å². The van der Waals surface area contributed by atoms with Gasteiger partial charge in [0.15, 0.2) is 0 Å². The largest absolute Gasteiger partial charge is 0.288 e. The maximum Gasteiger partial charge on any atom is 0.254 e. The molecule has 1 unspecified atom stereocenters. The van der Waals surface area contributed by atoms with Gasteiger partial charge in [-0.05, 0) is 33.5 Å². The van der Waals surface area contributed by atoms with Crippen molar-refractivity contribution in [2.24, 2.45) is 0 Å². The molecule has 0 saturated heterocycles. The fraction of sp³-hybridized carbons (Fsp3) is 0. The van der Waals surface area contributed by atoms with E-state index in [1.165, 1.54) is 0 Å². The molecule has 0 heterocycles. The lowest BCUT2D eigenvalue weighted by atomic mass is 9.91. The van der Waals surface area contributed by atoms with Crippen molar-refractivity contribution in [3.05, 3.63) is 91.0 Å². The molecule has 0 bridgehead atoms. The Hall–Kier alpha value is -2.67. The molecule has 0 aromatic heterocycles. The normalized spacial score (nSPS) is 12.2. The molecule has 2 nitrogen and oxygen atoms in total. The second-order valence-electron chi connectivity index (χ2n) is 5.91. The van der Waals surface area contributed by atoms with Crippen LogP contribution in [0, 0.1) is 0 Å². The van der Waals surface area contributed by atoms with Gasteiger partial charge >= 0.3 is 0 Å². The molecule has 0 aliphatic rings. The zero-order valence-corrected chi connectivity index (χ0v) is 14.5. The number of hydrogen-bond donors (Lipinski definition) is 0. The van der Waals surface area contributed by atoms with Gasteiger partial charge in [0.25, 0.3) is 8.03 Å².